The van der Waals surface area contributed by atoms with Crippen molar-refractivity contribution in [2.75, 3.05) is 20.4 Å². The molecule has 0 heterocycles. The SMILES string of the molecule is CC[P+](c1ccccc1)(c1ccccc1OC)c1ccccc1OC. The lowest BCUT2D eigenvalue weighted by Gasteiger charge is -2.28. The van der Waals surface area contributed by atoms with Gasteiger partial charge in [0.15, 0.2) is 11.5 Å². The van der Waals surface area contributed by atoms with E-state index in [9.17, 15) is 0 Å². The summed E-state index contributed by atoms with van der Waals surface area (Å²) in [6, 6.07) is 27.5. The van der Waals surface area contributed by atoms with Gasteiger partial charge in [-0.1, -0.05) is 42.5 Å². The number of hydrogen-bond donors (Lipinski definition) is 0. The Kier molecular flexibility index (Phi) is 5.40. The van der Waals surface area contributed by atoms with Gasteiger partial charge in [0.25, 0.3) is 0 Å². The van der Waals surface area contributed by atoms with Crippen molar-refractivity contribution in [2.24, 2.45) is 0 Å². The Balaban J connectivity index is 2.40. The molecule has 0 saturated heterocycles. The molecular formula is C22H24O2P+. The fourth-order valence-corrected chi connectivity index (χ4v) is 7.81. The summed E-state index contributed by atoms with van der Waals surface area (Å²) in [5.41, 5.74) is 0. The average Bonchev–Trinajstić information content (AvgIpc) is 2.70. The zero-order valence-electron chi connectivity index (χ0n) is 15.0. The molecule has 0 N–H and O–H groups in total. The van der Waals surface area contributed by atoms with Crippen LogP contribution in [0.1, 0.15) is 6.92 Å². The van der Waals surface area contributed by atoms with E-state index in [1.165, 1.54) is 15.9 Å². The summed E-state index contributed by atoms with van der Waals surface area (Å²) in [6.07, 6.45) is 0.998. The predicted molar refractivity (Wildman–Crippen MR) is 109 cm³/mol. The van der Waals surface area contributed by atoms with Crippen LogP contribution >= 0.6 is 7.26 Å². The van der Waals surface area contributed by atoms with E-state index < -0.39 is 7.26 Å². The number of ether oxygens (including phenoxy) is 2. The highest BCUT2D eigenvalue weighted by molar-refractivity contribution is 7.96. The van der Waals surface area contributed by atoms with Gasteiger partial charge in [0, 0.05) is 0 Å². The Morgan fingerprint density at radius 2 is 1.08 bits per heavy atom. The van der Waals surface area contributed by atoms with Gasteiger partial charge in [0.1, 0.15) is 23.2 Å². The van der Waals surface area contributed by atoms with Gasteiger partial charge in [-0.05, 0) is 43.3 Å². The first-order chi connectivity index (χ1) is 12.3. The van der Waals surface area contributed by atoms with Crippen LogP contribution in [-0.2, 0) is 0 Å². The second-order valence-electron chi connectivity index (χ2n) is 5.81. The molecule has 0 fully saturated rings. The summed E-state index contributed by atoms with van der Waals surface area (Å²) in [5, 5.41) is 3.86. The molecule has 25 heavy (non-hydrogen) atoms. The Morgan fingerprint density at radius 3 is 1.52 bits per heavy atom. The van der Waals surface area contributed by atoms with Crippen molar-refractivity contribution in [3.05, 3.63) is 78.9 Å². The standard InChI is InChI=1S/C22H24O2P/c1-4-25(18-12-6-5-7-13-18,21-16-10-8-14-19(21)23-2)22-17-11-9-15-20(22)24-3/h5-17H,4H2,1-3H3/q+1. The lowest BCUT2D eigenvalue weighted by atomic mass is 10.3. The highest BCUT2D eigenvalue weighted by atomic mass is 31.2. The molecule has 0 spiro atoms. The number of para-hydroxylation sites is 2. The van der Waals surface area contributed by atoms with Crippen molar-refractivity contribution in [1.29, 1.82) is 0 Å². The zero-order chi connectivity index (χ0) is 17.7. The van der Waals surface area contributed by atoms with Crippen molar-refractivity contribution in [1.82, 2.24) is 0 Å². The molecule has 3 aromatic rings. The van der Waals surface area contributed by atoms with Gasteiger partial charge >= 0.3 is 0 Å². The van der Waals surface area contributed by atoms with Crippen molar-refractivity contribution < 1.29 is 9.47 Å². The molecule has 2 nitrogen and oxygen atoms in total. The number of hydrogen-bond acceptors (Lipinski definition) is 2. The fourth-order valence-electron chi connectivity index (χ4n) is 3.50. The largest absolute Gasteiger partial charge is 0.493 e. The second-order valence-corrected chi connectivity index (χ2v) is 9.54. The van der Waals surface area contributed by atoms with Gasteiger partial charge in [0.2, 0.25) is 0 Å². The third-order valence-corrected chi connectivity index (χ3v) is 9.18. The van der Waals surface area contributed by atoms with Gasteiger partial charge < -0.3 is 9.47 Å². The maximum absolute atomic E-state index is 5.76. The van der Waals surface area contributed by atoms with Gasteiger partial charge in [-0.25, -0.2) is 0 Å². The molecule has 0 aliphatic carbocycles. The molecule has 3 heteroatoms. The van der Waals surface area contributed by atoms with Gasteiger partial charge in [0.05, 0.1) is 20.4 Å². The molecule has 0 aliphatic heterocycles. The van der Waals surface area contributed by atoms with E-state index in [2.05, 4.69) is 73.7 Å². The monoisotopic (exact) mass is 351 g/mol. The molecule has 0 radical (unpaired) electrons. The molecule has 0 bridgehead atoms. The van der Waals surface area contributed by atoms with Gasteiger partial charge in [-0.3, -0.25) is 0 Å². The van der Waals surface area contributed by atoms with Crippen LogP contribution in [0.5, 0.6) is 11.5 Å². The van der Waals surface area contributed by atoms with Crippen LogP contribution in [0.15, 0.2) is 78.9 Å². The number of rotatable bonds is 6. The summed E-state index contributed by atoms with van der Waals surface area (Å²) < 4.78 is 11.5. The lowest BCUT2D eigenvalue weighted by molar-refractivity contribution is 0.417. The maximum Gasteiger partial charge on any atom is 0.161 e. The van der Waals surface area contributed by atoms with E-state index >= 15 is 0 Å². The first-order valence-electron chi connectivity index (χ1n) is 8.48. The minimum atomic E-state index is -1.89. The molecule has 128 valence electrons. The smallest absolute Gasteiger partial charge is 0.161 e. The molecule has 0 amide bonds. The predicted octanol–water partition coefficient (Wildman–Crippen LogP) is 4.02. The summed E-state index contributed by atoms with van der Waals surface area (Å²) in [6.45, 7) is 2.26. The summed E-state index contributed by atoms with van der Waals surface area (Å²) in [5.74, 6) is 1.87. The van der Waals surface area contributed by atoms with Crippen LogP contribution in [0.2, 0.25) is 0 Å². The summed E-state index contributed by atoms with van der Waals surface area (Å²) in [4.78, 5) is 0. The topological polar surface area (TPSA) is 18.5 Å². The van der Waals surface area contributed by atoms with Crippen molar-refractivity contribution in [3.8, 4) is 11.5 Å². The molecule has 0 aromatic heterocycles. The van der Waals surface area contributed by atoms with Crippen LogP contribution in [0.4, 0.5) is 0 Å². The van der Waals surface area contributed by atoms with E-state index in [0.29, 0.717) is 0 Å². The highest BCUT2D eigenvalue weighted by Gasteiger charge is 2.47. The first-order valence-corrected chi connectivity index (χ1v) is 10.5. The number of methoxy groups -OCH3 is 2. The van der Waals surface area contributed by atoms with Crippen molar-refractivity contribution in [2.45, 2.75) is 6.92 Å². The minimum absolute atomic E-state index is 0.937. The van der Waals surface area contributed by atoms with Crippen molar-refractivity contribution in [3.63, 3.8) is 0 Å². The van der Waals surface area contributed by atoms with Crippen LogP contribution in [0.3, 0.4) is 0 Å². The van der Waals surface area contributed by atoms with Crippen LogP contribution < -0.4 is 25.4 Å². The van der Waals surface area contributed by atoms with Gasteiger partial charge in [-0.2, -0.15) is 0 Å². The number of benzene rings is 3. The molecule has 0 unspecified atom stereocenters. The van der Waals surface area contributed by atoms with E-state index in [0.717, 1.165) is 17.7 Å². The zero-order valence-corrected chi connectivity index (χ0v) is 15.9. The van der Waals surface area contributed by atoms with E-state index in [4.69, 9.17) is 9.47 Å². The Morgan fingerprint density at radius 1 is 0.640 bits per heavy atom. The van der Waals surface area contributed by atoms with Crippen LogP contribution in [-0.4, -0.2) is 20.4 Å². The third-order valence-electron chi connectivity index (χ3n) is 4.66. The Hall–Kier alpha value is -2.31. The van der Waals surface area contributed by atoms with Gasteiger partial charge in [-0.15, -0.1) is 0 Å². The molecular weight excluding hydrogens is 327 g/mol. The maximum atomic E-state index is 5.76. The Labute approximate surface area is 150 Å². The van der Waals surface area contributed by atoms with Crippen LogP contribution in [0.25, 0.3) is 0 Å². The van der Waals surface area contributed by atoms with Crippen LogP contribution in [0, 0.1) is 0 Å². The first kappa shape index (κ1) is 17.5. The molecule has 0 atom stereocenters. The normalized spacial score (nSPS) is 11.2. The molecule has 0 saturated carbocycles. The Bertz CT molecular complexity index is 783. The average molecular weight is 351 g/mol. The second kappa shape index (κ2) is 7.72. The lowest BCUT2D eigenvalue weighted by Crippen LogP contribution is -2.34. The molecule has 3 aromatic carbocycles. The third kappa shape index (κ3) is 3.03. The van der Waals surface area contributed by atoms with E-state index in [1.807, 2.05) is 12.1 Å². The highest BCUT2D eigenvalue weighted by Crippen LogP contribution is 2.58. The minimum Gasteiger partial charge on any atom is -0.493 e. The van der Waals surface area contributed by atoms with E-state index in [-0.39, 0.29) is 0 Å². The van der Waals surface area contributed by atoms with E-state index in [1.54, 1.807) is 14.2 Å². The fraction of sp³-hybridized carbons (Fsp3) is 0.182. The summed E-state index contributed by atoms with van der Waals surface area (Å²) >= 11 is 0. The van der Waals surface area contributed by atoms with Crippen molar-refractivity contribution >= 4 is 23.2 Å². The quantitative estimate of drug-likeness (QED) is 0.625. The summed E-state index contributed by atoms with van der Waals surface area (Å²) in [7, 11) is 1.60. The molecule has 0 aliphatic rings. The molecule has 3 rings (SSSR count).